The van der Waals surface area contributed by atoms with E-state index in [0.717, 1.165) is 17.7 Å². The van der Waals surface area contributed by atoms with Crippen molar-refractivity contribution in [3.8, 4) is 0 Å². The fourth-order valence-corrected chi connectivity index (χ4v) is 3.91. The van der Waals surface area contributed by atoms with E-state index in [1.54, 1.807) is 24.3 Å². The van der Waals surface area contributed by atoms with E-state index in [2.05, 4.69) is 26.6 Å². The molecular formula is C25H21BrClFN2O3. The third-order valence-electron chi connectivity index (χ3n) is 4.77. The van der Waals surface area contributed by atoms with Crippen LogP contribution in [-0.4, -0.2) is 29.6 Å². The number of hydrogen-bond acceptors (Lipinski definition) is 3. The Bertz CT molecular complexity index is 1160. The van der Waals surface area contributed by atoms with Gasteiger partial charge in [-0.05, 0) is 51.7 Å². The monoisotopic (exact) mass is 530 g/mol. The summed E-state index contributed by atoms with van der Waals surface area (Å²) in [5, 5.41) is 15.1. The zero-order valence-electron chi connectivity index (χ0n) is 17.4. The molecule has 5 nitrogen and oxygen atoms in total. The Kier molecular flexibility index (Phi) is 8.77. The molecule has 0 bridgehead atoms. The molecule has 0 aliphatic rings. The summed E-state index contributed by atoms with van der Waals surface area (Å²) in [5.41, 5.74) is 1.53. The van der Waals surface area contributed by atoms with Gasteiger partial charge in [0, 0.05) is 0 Å². The summed E-state index contributed by atoms with van der Waals surface area (Å²) in [5.74, 6) is -1.86. The Morgan fingerprint density at radius 1 is 1.00 bits per heavy atom. The molecule has 33 heavy (non-hydrogen) atoms. The average Bonchev–Trinajstić information content (AvgIpc) is 2.82. The van der Waals surface area contributed by atoms with Crippen LogP contribution < -0.4 is 10.6 Å². The Labute approximate surface area is 204 Å². The van der Waals surface area contributed by atoms with Gasteiger partial charge in [-0.15, -0.1) is 0 Å². The van der Waals surface area contributed by atoms with Crippen molar-refractivity contribution in [3.63, 3.8) is 0 Å². The minimum Gasteiger partial charge on any atom is -0.394 e. The zero-order chi connectivity index (χ0) is 23.8. The van der Waals surface area contributed by atoms with Crippen LogP contribution in [0.5, 0.6) is 0 Å². The van der Waals surface area contributed by atoms with Crippen molar-refractivity contribution < 1.29 is 19.1 Å². The maximum atomic E-state index is 13.4. The molecule has 0 saturated carbocycles. The van der Waals surface area contributed by atoms with Gasteiger partial charge in [-0.3, -0.25) is 9.59 Å². The summed E-state index contributed by atoms with van der Waals surface area (Å²) in [7, 11) is 0. The predicted octanol–water partition coefficient (Wildman–Crippen LogP) is 4.69. The van der Waals surface area contributed by atoms with Crippen LogP contribution in [0.4, 0.5) is 4.39 Å². The molecular weight excluding hydrogens is 511 g/mol. The maximum Gasteiger partial charge on any atom is 0.269 e. The molecule has 170 valence electrons. The molecule has 2 amide bonds. The first kappa shape index (κ1) is 24.6. The minimum absolute atomic E-state index is 0.0136. The fraction of sp³-hybridized carbons (Fsp3) is 0.120. The summed E-state index contributed by atoms with van der Waals surface area (Å²) >= 11 is 9.43. The highest BCUT2D eigenvalue weighted by atomic mass is 79.9. The number of hydrogen-bond donors (Lipinski definition) is 3. The Morgan fingerprint density at radius 3 is 2.24 bits per heavy atom. The number of aliphatic hydroxyl groups is 1. The lowest BCUT2D eigenvalue weighted by atomic mass is 10.1. The smallest absolute Gasteiger partial charge is 0.269 e. The molecule has 0 fully saturated rings. The van der Waals surface area contributed by atoms with Crippen LogP contribution in [-0.2, 0) is 11.2 Å². The molecule has 1 atom stereocenters. The second-order valence-corrected chi connectivity index (χ2v) is 8.38. The van der Waals surface area contributed by atoms with Gasteiger partial charge in [-0.1, -0.05) is 72.3 Å². The van der Waals surface area contributed by atoms with Crippen molar-refractivity contribution in [2.45, 2.75) is 12.5 Å². The number of carbonyl (C=O) groups is 2. The quantitative estimate of drug-likeness (QED) is 0.369. The second-order valence-electron chi connectivity index (χ2n) is 7.18. The van der Waals surface area contributed by atoms with Crippen molar-refractivity contribution in [1.82, 2.24) is 10.6 Å². The van der Waals surface area contributed by atoms with Gasteiger partial charge in [0.15, 0.2) is 0 Å². The van der Waals surface area contributed by atoms with Crippen LogP contribution in [0.2, 0.25) is 5.02 Å². The molecule has 8 heteroatoms. The Balaban J connectivity index is 1.89. The van der Waals surface area contributed by atoms with Gasteiger partial charge in [-0.25, -0.2) is 4.39 Å². The van der Waals surface area contributed by atoms with Crippen molar-refractivity contribution in [2.24, 2.45) is 0 Å². The first-order valence-electron chi connectivity index (χ1n) is 10.1. The summed E-state index contributed by atoms with van der Waals surface area (Å²) in [6.07, 6.45) is 0.400. The number of amides is 2. The molecule has 0 aromatic heterocycles. The third-order valence-corrected chi connectivity index (χ3v) is 5.94. The molecule has 3 rings (SSSR count). The maximum absolute atomic E-state index is 13.4. The van der Waals surface area contributed by atoms with E-state index in [9.17, 15) is 19.1 Å². The van der Waals surface area contributed by atoms with Crippen LogP contribution in [0.1, 0.15) is 21.5 Å². The predicted molar refractivity (Wildman–Crippen MR) is 130 cm³/mol. The van der Waals surface area contributed by atoms with Crippen LogP contribution in [0.15, 0.2) is 84.6 Å². The van der Waals surface area contributed by atoms with E-state index >= 15 is 0 Å². The van der Waals surface area contributed by atoms with Crippen molar-refractivity contribution in [2.75, 3.05) is 6.61 Å². The van der Waals surface area contributed by atoms with Gasteiger partial charge in [0.1, 0.15) is 11.5 Å². The lowest BCUT2D eigenvalue weighted by molar-refractivity contribution is -0.118. The summed E-state index contributed by atoms with van der Waals surface area (Å²) in [4.78, 5) is 26.1. The largest absolute Gasteiger partial charge is 0.394 e. The summed E-state index contributed by atoms with van der Waals surface area (Å²) in [6, 6.07) is 21.1. The van der Waals surface area contributed by atoms with E-state index in [4.69, 9.17) is 11.6 Å². The Hall–Kier alpha value is -3.00. The molecule has 0 aliphatic heterocycles. The van der Waals surface area contributed by atoms with Gasteiger partial charge in [0.2, 0.25) is 0 Å². The van der Waals surface area contributed by atoms with Gasteiger partial charge in [-0.2, -0.15) is 0 Å². The number of aliphatic hydroxyl groups excluding tert-OH is 1. The van der Waals surface area contributed by atoms with Crippen LogP contribution in [0.3, 0.4) is 0 Å². The third kappa shape index (κ3) is 6.74. The molecule has 0 unspecified atom stereocenters. The minimum atomic E-state index is -0.679. The second kappa shape index (κ2) is 11.7. The van der Waals surface area contributed by atoms with Crippen LogP contribution >= 0.6 is 27.5 Å². The highest BCUT2D eigenvalue weighted by Crippen LogP contribution is 2.25. The number of benzene rings is 3. The molecule has 0 aliphatic carbocycles. The molecule has 0 radical (unpaired) electrons. The summed E-state index contributed by atoms with van der Waals surface area (Å²) < 4.78 is 13.7. The first-order chi connectivity index (χ1) is 15.9. The van der Waals surface area contributed by atoms with Crippen molar-refractivity contribution >= 4 is 43.8 Å². The molecule has 3 aromatic carbocycles. The van der Waals surface area contributed by atoms with Crippen LogP contribution in [0.25, 0.3) is 4.48 Å². The van der Waals surface area contributed by atoms with Gasteiger partial charge in [0.25, 0.3) is 11.8 Å². The normalized spacial score (nSPS) is 12.5. The Morgan fingerprint density at radius 2 is 1.64 bits per heavy atom. The van der Waals surface area contributed by atoms with E-state index in [1.807, 2.05) is 36.4 Å². The lowest BCUT2D eigenvalue weighted by Crippen LogP contribution is -2.43. The zero-order valence-corrected chi connectivity index (χ0v) is 19.7. The number of rotatable bonds is 8. The fourth-order valence-electron chi connectivity index (χ4n) is 3.11. The molecule has 3 aromatic rings. The molecule has 0 saturated heterocycles. The van der Waals surface area contributed by atoms with Crippen LogP contribution in [0, 0.1) is 5.82 Å². The highest BCUT2D eigenvalue weighted by Gasteiger charge is 2.23. The molecule has 0 spiro atoms. The molecule has 0 heterocycles. The number of nitrogens with one attached hydrogen (secondary N) is 2. The topological polar surface area (TPSA) is 78.4 Å². The summed E-state index contributed by atoms with van der Waals surface area (Å²) in [6.45, 7) is -0.297. The molecule has 3 N–H and O–H groups in total. The first-order valence-corrected chi connectivity index (χ1v) is 11.2. The van der Waals surface area contributed by atoms with Gasteiger partial charge in [0.05, 0.1) is 27.7 Å². The number of carbonyl (C=O) groups excluding carboxylic acids is 2. The highest BCUT2D eigenvalue weighted by molar-refractivity contribution is 9.15. The van der Waals surface area contributed by atoms with Crippen molar-refractivity contribution in [3.05, 3.63) is 112 Å². The number of halogens is 3. The lowest BCUT2D eigenvalue weighted by Gasteiger charge is -2.19. The van der Waals surface area contributed by atoms with E-state index in [0.29, 0.717) is 16.5 Å². The van der Waals surface area contributed by atoms with E-state index in [1.165, 1.54) is 6.07 Å². The standard InChI is InChI=1S/C25H21BrClFN2O3/c26-22(17-9-5-2-6-10-17)23(30-24(32)20-12-11-18(28)14-21(20)27)25(33)29-19(15-31)13-16-7-3-1-4-8-16/h1-12,14,19,31H,13,15H2,(H,29,33)(H,30,32)/b23-22-/t19-/m0/s1. The van der Waals surface area contributed by atoms with Gasteiger partial charge < -0.3 is 15.7 Å². The average molecular weight is 532 g/mol. The van der Waals surface area contributed by atoms with E-state index in [-0.39, 0.29) is 22.9 Å². The SMILES string of the molecule is O=C(N[C@H](CO)Cc1ccccc1)/C(NC(=O)c1ccc(F)cc1Cl)=C(/Br)c1ccccc1. The van der Waals surface area contributed by atoms with E-state index < -0.39 is 23.7 Å². The van der Waals surface area contributed by atoms with Crippen molar-refractivity contribution in [1.29, 1.82) is 0 Å². The van der Waals surface area contributed by atoms with Gasteiger partial charge >= 0.3 is 0 Å².